The minimum absolute atomic E-state index is 0.0491. The molecular formula is C37H31F2N3O3. The number of aryl methyl sites for hydroxylation is 1. The lowest BCUT2D eigenvalue weighted by Gasteiger charge is -2.37. The quantitative estimate of drug-likeness (QED) is 0.113. The Morgan fingerprint density at radius 2 is 1.29 bits per heavy atom. The first-order valence-corrected chi connectivity index (χ1v) is 14.6. The van der Waals surface area contributed by atoms with Gasteiger partial charge in [-0.3, -0.25) is 19.2 Å². The third-order valence-electron chi connectivity index (χ3n) is 8.12. The normalized spacial score (nSPS) is 12.3. The lowest BCUT2D eigenvalue weighted by Crippen LogP contribution is -2.47. The highest BCUT2D eigenvalue weighted by molar-refractivity contribution is 5.81. The van der Waals surface area contributed by atoms with E-state index in [9.17, 15) is 14.0 Å². The summed E-state index contributed by atoms with van der Waals surface area (Å²) in [7, 11) is 1.47. The Kier molecular flexibility index (Phi) is 8.15. The third kappa shape index (κ3) is 5.34. The number of esters is 1. The molecule has 5 aromatic carbocycles. The second-order valence-electron chi connectivity index (χ2n) is 10.9. The van der Waals surface area contributed by atoms with E-state index in [2.05, 4.69) is 41.7 Å². The van der Waals surface area contributed by atoms with Crippen LogP contribution in [0, 0.1) is 17.6 Å². The van der Waals surface area contributed by atoms with Crippen molar-refractivity contribution in [1.82, 2.24) is 14.5 Å². The van der Waals surface area contributed by atoms with Gasteiger partial charge in [-0.1, -0.05) is 110 Å². The van der Waals surface area contributed by atoms with Crippen molar-refractivity contribution in [1.29, 1.82) is 0 Å². The van der Waals surface area contributed by atoms with Crippen molar-refractivity contribution in [2.75, 3.05) is 6.54 Å². The van der Waals surface area contributed by atoms with Crippen molar-refractivity contribution in [2.24, 2.45) is 13.0 Å². The van der Waals surface area contributed by atoms with E-state index in [4.69, 9.17) is 4.74 Å². The highest BCUT2D eigenvalue weighted by atomic mass is 19.2. The van der Waals surface area contributed by atoms with Crippen molar-refractivity contribution in [2.45, 2.75) is 12.5 Å². The summed E-state index contributed by atoms with van der Waals surface area (Å²) in [6.45, 7) is 1.98. The van der Waals surface area contributed by atoms with Crippen LogP contribution in [0.4, 0.5) is 8.78 Å². The standard InChI is InChI=1S/C37H31F2N3O3/c1-25(24-40-37(26-14-6-3-7-15-26,27-16-8-4-9-17-27)28-18-10-5-11-19-28)35(43)45-32-21-13-12-20-30(32)42-34-31(41(2)36(42)44)23-22-29(38)33(34)39/h3-23,25,40H,24H2,1-2H3/t25-/m0/s1. The molecule has 0 saturated heterocycles. The fourth-order valence-corrected chi connectivity index (χ4v) is 5.78. The van der Waals surface area contributed by atoms with Crippen LogP contribution in [0.1, 0.15) is 23.6 Å². The number of hydrogen-bond donors (Lipinski definition) is 1. The first-order valence-electron chi connectivity index (χ1n) is 14.6. The molecule has 0 unspecified atom stereocenters. The summed E-state index contributed by atoms with van der Waals surface area (Å²) in [6, 6.07) is 38.7. The van der Waals surface area contributed by atoms with Gasteiger partial charge in [0.15, 0.2) is 17.4 Å². The van der Waals surface area contributed by atoms with Crippen LogP contribution in [0.2, 0.25) is 0 Å². The van der Waals surface area contributed by atoms with Crippen LogP contribution in [0.15, 0.2) is 132 Å². The van der Waals surface area contributed by atoms with E-state index >= 15 is 4.39 Å². The van der Waals surface area contributed by atoms with Crippen LogP contribution >= 0.6 is 0 Å². The van der Waals surface area contributed by atoms with Crippen LogP contribution in [0.5, 0.6) is 5.75 Å². The van der Waals surface area contributed by atoms with Crippen molar-refractivity contribution < 1.29 is 18.3 Å². The molecule has 1 aromatic heterocycles. The van der Waals surface area contributed by atoms with Crippen molar-refractivity contribution in [3.05, 3.63) is 166 Å². The van der Waals surface area contributed by atoms with Crippen LogP contribution in [-0.2, 0) is 17.4 Å². The van der Waals surface area contributed by atoms with Gasteiger partial charge < -0.3 is 4.74 Å². The molecule has 0 aliphatic rings. The molecule has 0 amide bonds. The summed E-state index contributed by atoms with van der Waals surface area (Å²) >= 11 is 0. The van der Waals surface area contributed by atoms with Gasteiger partial charge in [-0.2, -0.15) is 0 Å². The number of rotatable bonds is 9. The molecule has 0 saturated carbocycles. The number of carbonyl (C=O) groups excluding carboxylic acids is 1. The van der Waals surface area contributed by atoms with Crippen LogP contribution < -0.4 is 15.7 Å². The number of halogens is 2. The second kappa shape index (κ2) is 12.3. The molecule has 0 spiro atoms. The number of fused-ring (bicyclic) bond motifs is 1. The number of para-hydroxylation sites is 2. The summed E-state index contributed by atoms with van der Waals surface area (Å²) in [5.41, 5.74) is 1.70. The van der Waals surface area contributed by atoms with Gasteiger partial charge in [-0.25, -0.2) is 13.6 Å². The van der Waals surface area contributed by atoms with Gasteiger partial charge in [0.1, 0.15) is 5.52 Å². The monoisotopic (exact) mass is 603 g/mol. The molecule has 1 heterocycles. The number of ether oxygens (including phenoxy) is 1. The molecule has 6 rings (SSSR count). The molecule has 1 atom stereocenters. The highest BCUT2D eigenvalue weighted by Crippen LogP contribution is 2.37. The zero-order valence-corrected chi connectivity index (χ0v) is 24.8. The van der Waals surface area contributed by atoms with E-state index in [1.807, 2.05) is 54.6 Å². The molecule has 6 nitrogen and oxygen atoms in total. The van der Waals surface area contributed by atoms with Crippen LogP contribution in [-0.4, -0.2) is 21.6 Å². The Labute approximate surface area is 259 Å². The molecule has 8 heteroatoms. The molecule has 0 fully saturated rings. The van der Waals surface area contributed by atoms with Crippen molar-refractivity contribution >= 4 is 17.0 Å². The fraction of sp³-hybridized carbons (Fsp3) is 0.135. The Hall–Kier alpha value is -5.34. The SMILES string of the molecule is C[C@@H](CNC(c1ccccc1)(c1ccccc1)c1ccccc1)C(=O)Oc1ccccc1-n1c(=O)n(C)c2ccc(F)c(F)c21. The van der Waals surface area contributed by atoms with Gasteiger partial charge in [0.2, 0.25) is 0 Å². The molecule has 226 valence electrons. The fourth-order valence-electron chi connectivity index (χ4n) is 5.78. The van der Waals surface area contributed by atoms with E-state index in [1.54, 1.807) is 19.1 Å². The lowest BCUT2D eigenvalue weighted by molar-refractivity contribution is -0.138. The molecule has 0 bridgehead atoms. The van der Waals surface area contributed by atoms with Gasteiger partial charge in [-0.15, -0.1) is 0 Å². The number of nitrogens with zero attached hydrogens (tertiary/aromatic N) is 2. The van der Waals surface area contributed by atoms with Gasteiger partial charge in [0.25, 0.3) is 0 Å². The van der Waals surface area contributed by atoms with Gasteiger partial charge in [0, 0.05) is 13.6 Å². The maximum atomic E-state index is 15.0. The first-order chi connectivity index (χ1) is 21.8. The van der Waals surface area contributed by atoms with Gasteiger partial charge >= 0.3 is 11.7 Å². The predicted octanol–water partition coefficient (Wildman–Crippen LogP) is 6.73. The number of carbonyl (C=O) groups is 1. The summed E-state index contributed by atoms with van der Waals surface area (Å²) in [6.07, 6.45) is 0. The zero-order valence-electron chi connectivity index (χ0n) is 24.8. The summed E-state index contributed by atoms with van der Waals surface area (Å²) in [5, 5.41) is 3.69. The van der Waals surface area contributed by atoms with Crippen LogP contribution in [0.3, 0.4) is 0 Å². The molecule has 0 aliphatic heterocycles. The van der Waals surface area contributed by atoms with E-state index in [0.29, 0.717) is 0 Å². The predicted molar refractivity (Wildman–Crippen MR) is 170 cm³/mol. The lowest BCUT2D eigenvalue weighted by atomic mass is 9.76. The van der Waals surface area contributed by atoms with E-state index < -0.39 is 34.8 Å². The number of imidazole rings is 1. The summed E-state index contributed by atoms with van der Waals surface area (Å²) in [5.74, 6) is -3.41. The first kappa shape index (κ1) is 29.7. The smallest absolute Gasteiger partial charge is 0.333 e. The topological polar surface area (TPSA) is 65.3 Å². The van der Waals surface area contributed by atoms with Crippen molar-refractivity contribution in [3.8, 4) is 11.4 Å². The average Bonchev–Trinajstić information content (AvgIpc) is 3.34. The number of benzene rings is 5. The van der Waals surface area contributed by atoms with Crippen LogP contribution in [0.25, 0.3) is 16.7 Å². The molecule has 6 aromatic rings. The van der Waals surface area contributed by atoms with E-state index in [1.165, 1.54) is 29.8 Å². The Balaban J connectivity index is 1.34. The van der Waals surface area contributed by atoms with Gasteiger partial charge in [-0.05, 0) is 41.0 Å². The second-order valence-corrected chi connectivity index (χ2v) is 10.9. The average molecular weight is 604 g/mol. The largest absolute Gasteiger partial charge is 0.424 e. The maximum Gasteiger partial charge on any atom is 0.333 e. The number of aromatic nitrogens is 2. The minimum atomic E-state index is -1.16. The van der Waals surface area contributed by atoms with E-state index in [0.717, 1.165) is 27.3 Å². The van der Waals surface area contributed by atoms with Gasteiger partial charge in [0.05, 0.1) is 22.7 Å². The van der Waals surface area contributed by atoms with E-state index in [-0.39, 0.29) is 29.0 Å². The Bertz CT molecular complexity index is 1930. The minimum Gasteiger partial charge on any atom is -0.424 e. The number of nitrogens with one attached hydrogen (secondary N) is 1. The maximum absolute atomic E-state index is 15.0. The molecule has 0 aliphatic carbocycles. The Morgan fingerprint density at radius 1 is 0.778 bits per heavy atom. The van der Waals surface area contributed by atoms with Crippen molar-refractivity contribution in [3.63, 3.8) is 0 Å². The molecular weight excluding hydrogens is 572 g/mol. The Morgan fingerprint density at radius 3 is 1.84 bits per heavy atom. The molecule has 45 heavy (non-hydrogen) atoms. The zero-order chi connectivity index (χ0) is 31.6. The number of hydrogen-bond acceptors (Lipinski definition) is 4. The summed E-state index contributed by atoms with van der Waals surface area (Å²) < 4.78 is 37.4. The molecule has 0 radical (unpaired) electrons. The highest BCUT2D eigenvalue weighted by Gasteiger charge is 2.37. The third-order valence-corrected chi connectivity index (χ3v) is 8.12. The molecule has 1 N–H and O–H groups in total. The summed E-state index contributed by atoms with van der Waals surface area (Å²) in [4.78, 5) is 26.8.